The van der Waals surface area contributed by atoms with Crippen LogP contribution >= 0.6 is 23.2 Å². The van der Waals surface area contributed by atoms with Crippen LogP contribution in [0.1, 0.15) is 11.1 Å². The summed E-state index contributed by atoms with van der Waals surface area (Å²) < 4.78 is 0. The summed E-state index contributed by atoms with van der Waals surface area (Å²) in [7, 11) is 2.04. The lowest BCUT2D eigenvalue weighted by atomic mass is 10.1. The number of halogens is 2. The molecule has 0 spiro atoms. The molecule has 0 aliphatic heterocycles. The van der Waals surface area contributed by atoms with Crippen molar-refractivity contribution in [3.63, 3.8) is 0 Å². The summed E-state index contributed by atoms with van der Waals surface area (Å²) in [5, 5.41) is 1.46. The molecule has 0 aromatic heterocycles. The summed E-state index contributed by atoms with van der Waals surface area (Å²) in [6, 6.07) is 13.6. The fourth-order valence-corrected chi connectivity index (χ4v) is 2.36. The molecule has 0 unspecified atom stereocenters. The van der Waals surface area contributed by atoms with Crippen molar-refractivity contribution in [3.05, 3.63) is 63.6 Å². The Kier molecular flexibility index (Phi) is 4.70. The van der Waals surface area contributed by atoms with E-state index < -0.39 is 0 Å². The normalized spacial score (nSPS) is 10.5. The molecule has 2 N–H and O–H groups in total. The molecule has 0 heterocycles. The molecule has 0 bridgehead atoms. The second-order valence-corrected chi connectivity index (χ2v) is 5.33. The van der Waals surface area contributed by atoms with E-state index in [-0.39, 0.29) is 0 Å². The Hall–Kier alpha value is -1.22. The maximum Gasteiger partial charge on any atom is 0.0426 e. The average molecular weight is 295 g/mol. The van der Waals surface area contributed by atoms with E-state index in [0.29, 0.717) is 11.6 Å². The number of hydrogen-bond donors (Lipinski definition) is 1. The molecule has 0 radical (unpaired) electrons. The maximum absolute atomic E-state index is 5.99. The Bertz CT molecular complexity index is 553. The molecule has 100 valence electrons. The van der Waals surface area contributed by atoms with Crippen LogP contribution in [0.4, 0.5) is 5.69 Å². The van der Waals surface area contributed by atoms with E-state index in [1.54, 1.807) is 0 Å². The van der Waals surface area contributed by atoms with E-state index >= 15 is 0 Å². The second-order valence-electron chi connectivity index (χ2n) is 4.46. The predicted molar refractivity (Wildman–Crippen MR) is 82.9 cm³/mol. The molecule has 0 atom stereocenters. The maximum atomic E-state index is 5.99. The van der Waals surface area contributed by atoms with Gasteiger partial charge in [0.2, 0.25) is 0 Å². The van der Waals surface area contributed by atoms with Gasteiger partial charge in [0.25, 0.3) is 0 Å². The molecule has 2 nitrogen and oxygen atoms in total. The first-order valence-corrected chi connectivity index (χ1v) is 6.80. The van der Waals surface area contributed by atoms with Crippen molar-refractivity contribution < 1.29 is 0 Å². The van der Waals surface area contributed by atoms with Gasteiger partial charge in [-0.1, -0.05) is 35.3 Å². The van der Waals surface area contributed by atoms with Crippen LogP contribution in [0.3, 0.4) is 0 Å². The Morgan fingerprint density at radius 2 is 1.63 bits per heavy atom. The summed E-state index contributed by atoms with van der Waals surface area (Å²) in [5.74, 6) is 0. The standard InChI is InChI=1S/C15H16Cl2N2/c1-19(10-11-2-4-13(16)5-3-11)15-7-6-14(17)8-12(15)9-18/h2-8H,9-10,18H2,1H3. The molecule has 0 aliphatic carbocycles. The Morgan fingerprint density at radius 3 is 2.26 bits per heavy atom. The van der Waals surface area contributed by atoms with Gasteiger partial charge in [-0.25, -0.2) is 0 Å². The van der Waals surface area contributed by atoms with E-state index in [9.17, 15) is 0 Å². The molecule has 0 amide bonds. The van der Waals surface area contributed by atoms with Crippen LogP contribution < -0.4 is 10.6 Å². The van der Waals surface area contributed by atoms with E-state index in [1.165, 1.54) is 5.56 Å². The van der Waals surface area contributed by atoms with Crippen molar-refractivity contribution in [3.8, 4) is 0 Å². The van der Waals surface area contributed by atoms with Gasteiger partial charge in [-0.15, -0.1) is 0 Å². The molecule has 2 aromatic rings. The highest BCUT2D eigenvalue weighted by molar-refractivity contribution is 6.30. The zero-order valence-electron chi connectivity index (χ0n) is 10.7. The number of hydrogen-bond acceptors (Lipinski definition) is 2. The minimum atomic E-state index is 0.473. The van der Waals surface area contributed by atoms with E-state index in [4.69, 9.17) is 28.9 Å². The number of nitrogens with two attached hydrogens (primary N) is 1. The van der Waals surface area contributed by atoms with Gasteiger partial charge < -0.3 is 10.6 Å². The molecular formula is C15H16Cl2N2. The highest BCUT2D eigenvalue weighted by atomic mass is 35.5. The largest absolute Gasteiger partial charge is 0.370 e. The zero-order valence-corrected chi connectivity index (χ0v) is 12.2. The van der Waals surface area contributed by atoms with E-state index in [2.05, 4.69) is 4.90 Å². The minimum absolute atomic E-state index is 0.473. The Morgan fingerprint density at radius 1 is 1.00 bits per heavy atom. The number of rotatable bonds is 4. The number of benzene rings is 2. The lowest BCUT2D eigenvalue weighted by Crippen LogP contribution is -2.18. The van der Waals surface area contributed by atoms with Crippen LogP contribution in [0, 0.1) is 0 Å². The molecule has 0 saturated heterocycles. The molecular weight excluding hydrogens is 279 g/mol. The van der Waals surface area contributed by atoms with Crippen LogP contribution in [0.15, 0.2) is 42.5 Å². The van der Waals surface area contributed by atoms with Gasteiger partial charge in [0.1, 0.15) is 0 Å². The fraction of sp³-hybridized carbons (Fsp3) is 0.200. The van der Waals surface area contributed by atoms with Crippen molar-refractivity contribution in [1.29, 1.82) is 0 Å². The predicted octanol–water partition coefficient (Wildman–Crippen LogP) is 4.09. The van der Waals surface area contributed by atoms with Crippen LogP contribution in [-0.2, 0) is 13.1 Å². The quantitative estimate of drug-likeness (QED) is 0.920. The number of anilines is 1. The van der Waals surface area contributed by atoms with Gasteiger partial charge >= 0.3 is 0 Å². The molecule has 0 fully saturated rings. The first-order chi connectivity index (χ1) is 9.10. The van der Waals surface area contributed by atoms with Crippen LogP contribution in [0.2, 0.25) is 10.0 Å². The summed E-state index contributed by atoms with van der Waals surface area (Å²) >= 11 is 11.9. The first kappa shape index (κ1) is 14.2. The monoisotopic (exact) mass is 294 g/mol. The summed E-state index contributed by atoms with van der Waals surface area (Å²) in [6.45, 7) is 1.27. The van der Waals surface area contributed by atoms with E-state index in [1.807, 2.05) is 49.5 Å². The first-order valence-electron chi connectivity index (χ1n) is 6.04. The number of nitrogens with zero attached hydrogens (tertiary/aromatic N) is 1. The van der Waals surface area contributed by atoms with Gasteiger partial charge in [-0.05, 0) is 41.5 Å². The van der Waals surface area contributed by atoms with Gasteiger partial charge in [0.05, 0.1) is 0 Å². The third kappa shape index (κ3) is 3.63. The highest BCUT2D eigenvalue weighted by Crippen LogP contribution is 2.24. The van der Waals surface area contributed by atoms with Crippen molar-refractivity contribution in [2.24, 2.45) is 5.73 Å². The average Bonchev–Trinajstić information content (AvgIpc) is 2.41. The SMILES string of the molecule is CN(Cc1ccc(Cl)cc1)c1ccc(Cl)cc1CN. The smallest absolute Gasteiger partial charge is 0.0426 e. The summed E-state index contributed by atoms with van der Waals surface area (Å²) in [5.41, 5.74) is 9.11. The Labute approximate surface area is 123 Å². The molecule has 2 aromatic carbocycles. The Balaban J connectivity index is 2.19. The third-order valence-corrected chi connectivity index (χ3v) is 3.49. The second kappa shape index (κ2) is 6.29. The van der Waals surface area contributed by atoms with E-state index in [0.717, 1.165) is 22.8 Å². The van der Waals surface area contributed by atoms with Crippen molar-refractivity contribution in [2.45, 2.75) is 13.1 Å². The highest BCUT2D eigenvalue weighted by Gasteiger charge is 2.07. The van der Waals surface area contributed by atoms with Crippen LogP contribution in [-0.4, -0.2) is 7.05 Å². The van der Waals surface area contributed by atoms with Crippen molar-refractivity contribution >= 4 is 28.9 Å². The molecule has 19 heavy (non-hydrogen) atoms. The summed E-state index contributed by atoms with van der Waals surface area (Å²) in [6.07, 6.45) is 0. The van der Waals surface area contributed by atoms with Crippen molar-refractivity contribution in [1.82, 2.24) is 0 Å². The fourth-order valence-electron chi connectivity index (χ4n) is 2.04. The van der Waals surface area contributed by atoms with Crippen LogP contribution in [0.5, 0.6) is 0 Å². The molecule has 4 heteroatoms. The third-order valence-electron chi connectivity index (χ3n) is 3.01. The molecule has 2 rings (SSSR count). The van der Waals surface area contributed by atoms with Gasteiger partial charge in [0, 0.05) is 35.9 Å². The molecule has 0 aliphatic rings. The summed E-state index contributed by atoms with van der Waals surface area (Å²) in [4.78, 5) is 2.15. The van der Waals surface area contributed by atoms with Gasteiger partial charge in [0.15, 0.2) is 0 Å². The topological polar surface area (TPSA) is 29.3 Å². The lowest BCUT2D eigenvalue weighted by molar-refractivity contribution is 0.904. The lowest BCUT2D eigenvalue weighted by Gasteiger charge is -2.22. The van der Waals surface area contributed by atoms with Gasteiger partial charge in [-0.2, -0.15) is 0 Å². The zero-order chi connectivity index (χ0) is 13.8. The van der Waals surface area contributed by atoms with Crippen molar-refractivity contribution in [2.75, 3.05) is 11.9 Å². The minimum Gasteiger partial charge on any atom is -0.370 e. The van der Waals surface area contributed by atoms with Gasteiger partial charge in [-0.3, -0.25) is 0 Å². The molecule has 0 saturated carbocycles. The van der Waals surface area contributed by atoms with Crippen LogP contribution in [0.25, 0.3) is 0 Å².